The number of furan rings is 1. The first kappa shape index (κ1) is 18.7. The maximum Gasteiger partial charge on any atom is 0.307 e. The lowest BCUT2D eigenvalue weighted by molar-refractivity contribution is 0.0923. The largest absolute Gasteiger partial charge is 0.507 e. The number of carbonyl (C=O) groups is 1. The molecular weight excluding hydrogens is 375 g/mol. The van der Waals surface area contributed by atoms with Gasteiger partial charge in [0.2, 0.25) is 0 Å². The van der Waals surface area contributed by atoms with Gasteiger partial charge in [0.05, 0.1) is 5.71 Å². The Balaban J connectivity index is 1.44. The van der Waals surface area contributed by atoms with Crippen LogP contribution in [0.3, 0.4) is 0 Å². The molecule has 0 unspecified atom stereocenters. The molecule has 6 nitrogen and oxygen atoms in total. The van der Waals surface area contributed by atoms with E-state index >= 15 is 0 Å². The Morgan fingerprint density at radius 2 is 2.03 bits per heavy atom. The van der Waals surface area contributed by atoms with Crippen molar-refractivity contribution in [3.8, 4) is 11.5 Å². The van der Waals surface area contributed by atoms with Crippen LogP contribution in [0.4, 0.5) is 4.39 Å². The molecule has 2 aromatic carbocycles. The maximum absolute atomic E-state index is 14.1. The summed E-state index contributed by atoms with van der Waals surface area (Å²) in [7, 11) is 0. The van der Waals surface area contributed by atoms with Crippen LogP contribution in [-0.2, 0) is 6.61 Å². The van der Waals surface area contributed by atoms with E-state index in [1.807, 2.05) is 37.3 Å². The number of aromatic hydroxyl groups is 1. The molecule has 148 valence electrons. The van der Waals surface area contributed by atoms with Gasteiger partial charge >= 0.3 is 5.91 Å². The molecule has 1 atom stereocenters. The molecule has 0 saturated heterocycles. The van der Waals surface area contributed by atoms with Gasteiger partial charge in [-0.15, -0.1) is 0 Å². The number of hydrogen-bond acceptors (Lipinski definition) is 5. The van der Waals surface area contributed by atoms with Crippen LogP contribution in [0.25, 0.3) is 0 Å². The Morgan fingerprint density at radius 3 is 2.83 bits per heavy atom. The number of benzene rings is 2. The molecule has 0 saturated carbocycles. The molecule has 29 heavy (non-hydrogen) atoms. The Bertz CT molecular complexity index is 1080. The number of rotatable bonds is 5. The van der Waals surface area contributed by atoms with Crippen LogP contribution in [0.5, 0.6) is 11.5 Å². The average molecular weight is 394 g/mol. The number of phenolic OH excluding ortho intramolecular Hbond substituents is 1. The number of nitrogens with one attached hydrogen (secondary N) is 1. The van der Waals surface area contributed by atoms with Crippen LogP contribution in [0.1, 0.15) is 46.7 Å². The van der Waals surface area contributed by atoms with E-state index in [4.69, 9.17) is 9.15 Å². The van der Waals surface area contributed by atoms with Crippen molar-refractivity contribution in [2.45, 2.75) is 25.9 Å². The lowest BCUT2D eigenvalue weighted by Gasteiger charge is -2.06. The molecule has 4 rings (SSSR count). The summed E-state index contributed by atoms with van der Waals surface area (Å²) in [5.74, 6) is 0.135. The molecule has 0 fully saturated rings. The molecule has 0 spiro atoms. The predicted molar refractivity (Wildman–Crippen MR) is 105 cm³/mol. The van der Waals surface area contributed by atoms with Crippen LogP contribution < -0.4 is 10.2 Å². The number of amides is 1. The second-order valence-corrected chi connectivity index (χ2v) is 6.83. The third kappa shape index (κ3) is 3.85. The van der Waals surface area contributed by atoms with E-state index in [2.05, 4.69) is 10.5 Å². The van der Waals surface area contributed by atoms with Gasteiger partial charge in [-0.1, -0.05) is 25.1 Å². The van der Waals surface area contributed by atoms with Gasteiger partial charge in [-0.3, -0.25) is 4.79 Å². The second-order valence-electron chi connectivity index (χ2n) is 6.83. The highest BCUT2D eigenvalue weighted by atomic mass is 19.1. The van der Waals surface area contributed by atoms with E-state index in [0.717, 1.165) is 0 Å². The molecule has 1 aliphatic carbocycles. The molecule has 1 aliphatic rings. The van der Waals surface area contributed by atoms with E-state index in [1.54, 1.807) is 6.07 Å². The molecule has 2 N–H and O–H groups in total. The Morgan fingerprint density at radius 1 is 1.24 bits per heavy atom. The molecule has 7 heteroatoms. The third-order valence-corrected chi connectivity index (χ3v) is 4.75. The molecule has 1 amide bonds. The predicted octanol–water partition coefficient (Wildman–Crippen LogP) is 4.34. The summed E-state index contributed by atoms with van der Waals surface area (Å²) in [4.78, 5) is 12.3. The Hall–Kier alpha value is -3.61. The molecule has 1 aromatic heterocycles. The van der Waals surface area contributed by atoms with Crippen molar-refractivity contribution in [3.63, 3.8) is 0 Å². The summed E-state index contributed by atoms with van der Waals surface area (Å²) in [6.45, 7) is 2.03. The normalized spacial score (nSPS) is 16.6. The lowest BCUT2D eigenvalue weighted by atomic mass is 10.0. The van der Waals surface area contributed by atoms with Gasteiger partial charge in [0.15, 0.2) is 5.76 Å². The highest BCUT2D eigenvalue weighted by Gasteiger charge is 2.30. The van der Waals surface area contributed by atoms with E-state index < -0.39 is 11.7 Å². The summed E-state index contributed by atoms with van der Waals surface area (Å²) in [5, 5.41) is 14.2. The van der Waals surface area contributed by atoms with E-state index in [9.17, 15) is 14.3 Å². The number of para-hydroxylation sites is 1. The smallest absolute Gasteiger partial charge is 0.307 e. The lowest BCUT2D eigenvalue weighted by Crippen LogP contribution is -2.19. The van der Waals surface area contributed by atoms with E-state index in [1.165, 1.54) is 18.2 Å². The summed E-state index contributed by atoms with van der Waals surface area (Å²) >= 11 is 0. The minimum Gasteiger partial charge on any atom is -0.507 e. The molecule has 3 aromatic rings. The van der Waals surface area contributed by atoms with Gasteiger partial charge in [0.1, 0.15) is 29.7 Å². The van der Waals surface area contributed by atoms with Crippen LogP contribution in [-0.4, -0.2) is 16.7 Å². The minimum atomic E-state index is -0.541. The number of hydrogen-bond donors (Lipinski definition) is 2. The highest BCUT2D eigenvalue weighted by molar-refractivity contribution is 6.08. The number of fused-ring (bicyclic) bond motifs is 1. The molecule has 1 heterocycles. The van der Waals surface area contributed by atoms with Crippen molar-refractivity contribution < 1.29 is 23.4 Å². The molecule has 0 aliphatic heterocycles. The zero-order valence-corrected chi connectivity index (χ0v) is 15.7. The van der Waals surface area contributed by atoms with Gasteiger partial charge in [-0.05, 0) is 48.7 Å². The minimum absolute atomic E-state index is 0.0582. The first-order valence-corrected chi connectivity index (χ1v) is 9.18. The first-order valence-electron chi connectivity index (χ1n) is 9.18. The fourth-order valence-electron chi connectivity index (χ4n) is 3.39. The summed E-state index contributed by atoms with van der Waals surface area (Å²) in [6, 6.07) is 15.0. The third-order valence-electron chi connectivity index (χ3n) is 4.75. The van der Waals surface area contributed by atoms with Gasteiger partial charge < -0.3 is 14.3 Å². The number of halogens is 1. The standard InChI is InChI=1S/C22H19FN2O4/c1-13-11-17(21-18(26)9-8-16(23)20(13)21)24-25-22(27)19-10-7-15(29-19)12-28-14-5-3-2-4-6-14/h2-10,13,26H,11-12H2,1H3,(H,25,27)/b24-17+/t13-/m0/s1. The van der Waals surface area contributed by atoms with Crippen LogP contribution >= 0.6 is 0 Å². The van der Waals surface area contributed by atoms with Crippen molar-refractivity contribution in [1.29, 1.82) is 0 Å². The quantitative estimate of drug-likeness (QED) is 0.631. The summed E-state index contributed by atoms with van der Waals surface area (Å²) in [5.41, 5.74) is 3.60. The topological polar surface area (TPSA) is 84.1 Å². The van der Waals surface area contributed by atoms with Crippen LogP contribution in [0.2, 0.25) is 0 Å². The van der Waals surface area contributed by atoms with Crippen LogP contribution in [0.15, 0.2) is 64.1 Å². The van der Waals surface area contributed by atoms with Gasteiger partial charge in [0.25, 0.3) is 0 Å². The maximum atomic E-state index is 14.1. The van der Waals surface area contributed by atoms with E-state index in [-0.39, 0.29) is 24.0 Å². The Labute approximate surface area is 166 Å². The Kier molecular flexibility index (Phi) is 5.03. The first-order chi connectivity index (χ1) is 14.0. The zero-order valence-electron chi connectivity index (χ0n) is 15.7. The molecular formula is C22H19FN2O4. The van der Waals surface area contributed by atoms with Crippen molar-refractivity contribution in [1.82, 2.24) is 5.43 Å². The molecule has 0 radical (unpaired) electrons. The summed E-state index contributed by atoms with van der Waals surface area (Å²) in [6.07, 6.45) is 0.415. The van der Waals surface area contributed by atoms with Gasteiger partial charge in [-0.25, -0.2) is 9.82 Å². The van der Waals surface area contributed by atoms with Crippen LogP contribution in [0, 0.1) is 5.82 Å². The number of hydrazone groups is 1. The number of nitrogens with zero attached hydrogens (tertiary/aromatic N) is 1. The number of phenols is 1. The highest BCUT2D eigenvalue weighted by Crippen LogP contribution is 2.39. The average Bonchev–Trinajstić information content (AvgIpc) is 3.33. The van der Waals surface area contributed by atoms with Gasteiger partial charge in [-0.2, -0.15) is 5.10 Å². The summed E-state index contributed by atoms with van der Waals surface area (Å²) < 4.78 is 25.2. The fraction of sp³-hybridized carbons (Fsp3) is 0.182. The number of carbonyl (C=O) groups excluding carboxylic acids is 1. The second kappa shape index (κ2) is 7.79. The molecule has 0 bridgehead atoms. The van der Waals surface area contributed by atoms with E-state index in [0.29, 0.717) is 34.8 Å². The van der Waals surface area contributed by atoms with Crippen molar-refractivity contribution >= 4 is 11.6 Å². The number of ether oxygens (including phenoxy) is 1. The van der Waals surface area contributed by atoms with Gasteiger partial charge in [0, 0.05) is 11.1 Å². The van der Waals surface area contributed by atoms with Crippen molar-refractivity contribution in [2.75, 3.05) is 0 Å². The zero-order chi connectivity index (χ0) is 20.4. The monoisotopic (exact) mass is 394 g/mol. The SMILES string of the molecule is C[C@H]1C/C(=N\NC(=O)c2ccc(COc3ccccc3)o2)c2c(O)ccc(F)c21. The fourth-order valence-corrected chi connectivity index (χ4v) is 3.39. The van der Waals surface area contributed by atoms with Crippen molar-refractivity contribution in [2.24, 2.45) is 5.10 Å². The van der Waals surface area contributed by atoms with Crippen molar-refractivity contribution in [3.05, 3.63) is 83.1 Å².